The number of hydrogen-bond acceptors (Lipinski definition) is 5. The highest BCUT2D eigenvalue weighted by Gasteiger charge is 2.24. The quantitative estimate of drug-likeness (QED) is 0.641. The number of carbonyl (C=O) groups excluding carboxylic acids is 1. The molecule has 3 N–H and O–H groups in total. The largest absolute Gasteiger partial charge is 0.478 e. The number of aromatic carboxylic acids is 1. The molecular weight excluding hydrogens is 364 g/mol. The monoisotopic (exact) mass is 374 g/mol. The molecule has 0 spiro atoms. The third-order valence-corrected chi connectivity index (χ3v) is 3.87. The Morgan fingerprint density at radius 1 is 1.19 bits per heavy atom. The Balaban J connectivity index is 2.16. The van der Waals surface area contributed by atoms with Gasteiger partial charge in [-0.15, -0.1) is 0 Å². The number of fused-ring (bicyclic) bond motifs is 1. The zero-order chi connectivity index (χ0) is 19.0. The van der Waals surface area contributed by atoms with Crippen molar-refractivity contribution in [2.24, 2.45) is 0 Å². The topological polar surface area (TPSA) is 134 Å². The molecule has 132 valence electrons. The van der Waals surface area contributed by atoms with E-state index >= 15 is 0 Å². The Labute approximate surface area is 150 Å². The molecule has 1 amide bonds. The van der Waals surface area contributed by atoms with Crippen LogP contribution in [0.25, 0.3) is 11.0 Å². The first kappa shape index (κ1) is 17.4. The molecule has 1 aromatic carbocycles. The number of benzene rings is 1. The van der Waals surface area contributed by atoms with Crippen molar-refractivity contribution in [2.45, 2.75) is 6.92 Å². The Bertz CT molecular complexity index is 1080. The van der Waals surface area contributed by atoms with Crippen molar-refractivity contribution >= 4 is 46.6 Å². The van der Waals surface area contributed by atoms with E-state index in [1.54, 1.807) is 6.92 Å². The summed E-state index contributed by atoms with van der Waals surface area (Å²) < 4.78 is 0.635. The van der Waals surface area contributed by atoms with Crippen LogP contribution >= 0.6 is 11.6 Å². The van der Waals surface area contributed by atoms with Crippen LogP contribution in [0.2, 0.25) is 5.02 Å². The van der Waals surface area contributed by atoms with Gasteiger partial charge < -0.3 is 10.2 Å². The van der Waals surface area contributed by atoms with Gasteiger partial charge >= 0.3 is 12.1 Å². The molecular formula is C16H11ClN4O5. The lowest BCUT2D eigenvalue weighted by Gasteiger charge is -2.06. The number of halogens is 1. The smallest absolute Gasteiger partial charge is 0.419 e. The van der Waals surface area contributed by atoms with Crippen LogP contribution < -0.4 is 5.32 Å². The van der Waals surface area contributed by atoms with Gasteiger partial charge in [-0.3, -0.25) is 15.1 Å². The van der Waals surface area contributed by atoms with Crippen molar-refractivity contribution in [2.75, 3.05) is 5.32 Å². The third-order valence-electron chi connectivity index (χ3n) is 3.56. The molecule has 0 saturated carbocycles. The number of aryl methyl sites for hydroxylation is 1. The van der Waals surface area contributed by atoms with Crippen LogP contribution in [0, 0.1) is 6.92 Å². The second kappa shape index (κ2) is 6.45. The summed E-state index contributed by atoms with van der Waals surface area (Å²) in [6.07, 6.45) is -0.0396. The number of amides is 1. The van der Waals surface area contributed by atoms with E-state index in [4.69, 9.17) is 11.6 Å². The Kier molecular flexibility index (Phi) is 4.31. The Morgan fingerprint density at radius 3 is 2.54 bits per heavy atom. The van der Waals surface area contributed by atoms with Gasteiger partial charge in [0, 0.05) is 17.5 Å². The van der Waals surface area contributed by atoms with E-state index in [1.165, 1.54) is 30.5 Å². The first-order chi connectivity index (χ1) is 12.3. The van der Waals surface area contributed by atoms with Crippen molar-refractivity contribution in [3.05, 3.63) is 52.3 Å². The molecule has 3 aromatic rings. The van der Waals surface area contributed by atoms with Gasteiger partial charge in [0.1, 0.15) is 11.0 Å². The number of nitrogens with one attached hydrogen (secondary N) is 1. The number of aromatic nitrogens is 3. The minimum atomic E-state index is -1.47. The second-order valence-corrected chi connectivity index (χ2v) is 5.70. The Hall–Kier alpha value is -3.46. The summed E-state index contributed by atoms with van der Waals surface area (Å²) in [7, 11) is 0. The average Bonchev–Trinajstić information content (AvgIpc) is 2.94. The molecule has 0 fully saturated rings. The first-order valence-corrected chi connectivity index (χ1v) is 7.59. The van der Waals surface area contributed by atoms with Gasteiger partial charge in [0.15, 0.2) is 0 Å². The maximum atomic E-state index is 12.4. The zero-order valence-corrected chi connectivity index (χ0v) is 14.0. The summed E-state index contributed by atoms with van der Waals surface area (Å²) in [4.78, 5) is 43.4. The fraction of sp³-hybridized carbons (Fsp3) is 0.0625. The van der Waals surface area contributed by atoms with Crippen molar-refractivity contribution in [1.82, 2.24) is 14.5 Å². The highest BCUT2D eigenvalue weighted by Crippen LogP contribution is 2.30. The lowest BCUT2D eigenvalue weighted by atomic mass is 10.2. The van der Waals surface area contributed by atoms with Crippen LogP contribution in [0.1, 0.15) is 26.4 Å². The standard InChI is InChI=1S/C16H11ClN4O5/c1-7-6-8(4-5-18-7)13(22)20-15-19-11-9(14(23)24)2-3-10(17)12(11)21(15)16(25)26/h2-6H,1H3,(H,23,24)(H,25,26)(H,19,20,22). The summed E-state index contributed by atoms with van der Waals surface area (Å²) in [5.74, 6) is -2.28. The number of carboxylic acid groups (broad SMARTS) is 2. The zero-order valence-electron chi connectivity index (χ0n) is 13.2. The van der Waals surface area contributed by atoms with E-state index in [0.29, 0.717) is 10.3 Å². The minimum Gasteiger partial charge on any atom is -0.478 e. The van der Waals surface area contributed by atoms with E-state index in [9.17, 15) is 24.6 Å². The number of hydrogen-bond donors (Lipinski definition) is 3. The maximum Gasteiger partial charge on any atom is 0.419 e. The van der Waals surface area contributed by atoms with E-state index in [-0.39, 0.29) is 33.1 Å². The van der Waals surface area contributed by atoms with E-state index in [1.807, 2.05) is 0 Å². The molecule has 3 rings (SSSR count). The fourth-order valence-electron chi connectivity index (χ4n) is 2.45. The minimum absolute atomic E-state index is 0.0137. The third kappa shape index (κ3) is 2.95. The summed E-state index contributed by atoms with van der Waals surface area (Å²) in [6, 6.07) is 5.43. The van der Waals surface area contributed by atoms with Crippen LogP contribution in [0.15, 0.2) is 30.5 Å². The molecule has 0 aliphatic heterocycles. The van der Waals surface area contributed by atoms with Crippen molar-refractivity contribution in [1.29, 1.82) is 0 Å². The number of anilines is 1. The van der Waals surface area contributed by atoms with Crippen LogP contribution in [-0.2, 0) is 0 Å². The molecule has 0 bridgehead atoms. The highest BCUT2D eigenvalue weighted by atomic mass is 35.5. The van der Waals surface area contributed by atoms with Gasteiger partial charge in [0.05, 0.1) is 10.6 Å². The molecule has 10 heteroatoms. The summed E-state index contributed by atoms with van der Waals surface area (Å²) in [5, 5.41) is 21.1. The fourth-order valence-corrected chi connectivity index (χ4v) is 2.68. The van der Waals surface area contributed by atoms with Crippen molar-refractivity contribution in [3.63, 3.8) is 0 Å². The molecule has 0 aliphatic carbocycles. The van der Waals surface area contributed by atoms with Gasteiger partial charge in [-0.25, -0.2) is 19.1 Å². The molecule has 2 heterocycles. The Morgan fingerprint density at radius 2 is 1.92 bits per heavy atom. The number of pyridine rings is 1. The lowest BCUT2D eigenvalue weighted by Crippen LogP contribution is -2.19. The van der Waals surface area contributed by atoms with Gasteiger partial charge in [-0.2, -0.15) is 0 Å². The molecule has 0 aliphatic rings. The molecule has 0 atom stereocenters. The molecule has 0 unspecified atom stereocenters. The SMILES string of the molecule is Cc1cc(C(=O)Nc2nc3c(C(=O)O)ccc(Cl)c3n2C(=O)O)ccn1. The van der Waals surface area contributed by atoms with Crippen LogP contribution in [0.5, 0.6) is 0 Å². The van der Waals surface area contributed by atoms with Crippen LogP contribution in [-0.4, -0.2) is 42.7 Å². The predicted octanol–water partition coefficient (Wildman–Crippen LogP) is 2.87. The number of carboxylic acids is 1. The summed E-state index contributed by atoms with van der Waals surface area (Å²) in [5.41, 5.74) is 0.334. The number of carbonyl (C=O) groups is 3. The van der Waals surface area contributed by atoms with Gasteiger partial charge in [0.2, 0.25) is 5.95 Å². The maximum absolute atomic E-state index is 12.4. The van der Waals surface area contributed by atoms with Gasteiger partial charge in [-0.05, 0) is 31.2 Å². The van der Waals surface area contributed by atoms with Crippen LogP contribution in [0.3, 0.4) is 0 Å². The normalized spacial score (nSPS) is 10.7. The lowest BCUT2D eigenvalue weighted by molar-refractivity contribution is 0.0698. The average molecular weight is 375 g/mol. The molecule has 2 aromatic heterocycles. The van der Waals surface area contributed by atoms with E-state index in [2.05, 4.69) is 15.3 Å². The number of rotatable bonds is 3. The first-order valence-electron chi connectivity index (χ1n) is 7.21. The molecule has 0 saturated heterocycles. The van der Waals surface area contributed by atoms with E-state index in [0.717, 1.165) is 0 Å². The predicted molar refractivity (Wildman–Crippen MR) is 92.1 cm³/mol. The number of nitrogens with zero attached hydrogens (tertiary/aromatic N) is 3. The van der Waals surface area contributed by atoms with E-state index < -0.39 is 18.0 Å². The van der Waals surface area contributed by atoms with Gasteiger partial charge in [-0.1, -0.05) is 11.6 Å². The van der Waals surface area contributed by atoms with Crippen LogP contribution in [0.4, 0.5) is 10.7 Å². The van der Waals surface area contributed by atoms with Gasteiger partial charge in [0.25, 0.3) is 5.91 Å². The summed E-state index contributed by atoms with van der Waals surface area (Å²) in [6.45, 7) is 1.70. The van der Waals surface area contributed by atoms with Crippen molar-refractivity contribution < 1.29 is 24.6 Å². The second-order valence-electron chi connectivity index (χ2n) is 5.29. The summed E-state index contributed by atoms with van der Waals surface area (Å²) >= 11 is 6.03. The number of imidazole rings is 1. The molecule has 26 heavy (non-hydrogen) atoms. The molecule has 0 radical (unpaired) electrons. The van der Waals surface area contributed by atoms with Crippen molar-refractivity contribution in [3.8, 4) is 0 Å². The molecule has 9 nitrogen and oxygen atoms in total. The highest BCUT2D eigenvalue weighted by molar-refractivity contribution is 6.36.